The molecule has 0 aliphatic heterocycles. The van der Waals surface area contributed by atoms with Gasteiger partial charge >= 0.3 is 5.97 Å². The second-order valence-corrected chi connectivity index (χ2v) is 4.43. The standard InChI is InChI=1S/C12H21NO3/c1-2-13(9-11(14)15)12(16)10-7-5-3-4-6-8-10/h10H,2-9H2,1H3,(H,14,15). The monoisotopic (exact) mass is 227 g/mol. The van der Waals surface area contributed by atoms with Crippen molar-refractivity contribution >= 4 is 11.9 Å². The van der Waals surface area contributed by atoms with Crippen LogP contribution >= 0.6 is 0 Å². The SMILES string of the molecule is CCN(CC(=O)O)C(=O)C1CCCCCC1. The highest BCUT2D eigenvalue weighted by Crippen LogP contribution is 2.24. The largest absolute Gasteiger partial charge is 0.480 e. The Kier molecular flexibility index (Phi) is 5.29. The summed E-state index contributed by atoms with van der Waals surface area (Å²) >= 11 is 0. The predicted molar refractivity (Wildman–Crippen MR) is 61.1 cm³/mol. The van der Waals surface area contributed by atoms with E-state index in [1.54, 1.807) is 0 Å². The Hall–Kier alpha value is -1.06. The van der Waals surface area contributed by atoms with Gasteiger partial charge < -0.3 is 10.0 Å². The van der Waals surface area contributed by atoms with Crippen molar-refractivity contribution in [2.45, 2.75) is 45.4 Å². The summed E-state index contributed by atoms with van der Waals surface area (Å²) in [5, 5.41) is 8.72. The molecule has 1 fully saturated rings. The highest BCUT2D eigenvalue weighted by molar-refractivity contribution is 5.83. The third kappa shape index (κ3) is 3.83. The van der Waals surface area contributed by atoms with E-state index < -0.39 is 5.97 Å². The molecule has 1 rings (SSSR count). The number of likely N-dealkylation sites (N-methyl/N-ethyl adjacent to an activating group) is 1. The Morgan fingerprint density at radius 2 is 1.75 bits per heavy atom. The van der Waals surface area contributed by atoms with Crippen LogP contribution in [0.2, 0.25) is 0 Å². The van der Waals surface area contributed by atoms with Gasteiger partial charge in [-0.3, -0.25) is 9.59 Å². The van der Waals surface area contributed by atoms with Crippen LogP contribution < -0.4 is 0 Å². The van der Waals surface area contributed by atoms with Gasteiger partial charge in [0.1, 0.15) is 6.54 Å². The van der Waals surface area contributed by atoms with Crippen LogP contribution in [0.1, 0.15) is 45.4 Å². The molecule has 0 atom stereocenters. The van der Waals surface area contributed by atoms with Crippen molar-refractivity contribution in [1.29, 1.82) is 0 Å². The first-order chi connectivity index (χ1) is 7.65. The van der Waals surface area contributed by atoms with Gasteiger partial charge in [-0.25, -0.2) is 0 Å². The molecule has 4 heteroatoms. The third-order valence-electron chi connectivity index (χ3n) is 3.22. The molecule has 1 N–H and O–H groups in total. The van der Waals surface area contributed by atoms with Crippen molar-refractivity contribution < 1.29 is 14.7 Å². The molecule has 1 amide bonds. The van der Waals surface area contributed by atoms with Gasteiger partial charge in [0.15, 0.2) is 0 Å². The fourth-order valence-electron chi connectivity index (χ4n) is 2.29. The minimum atomic E-state index is -0.927. The van der Waals surface area contributed by atoms with Crippen molar-refractivity contribution in [3.63, 3.8) is 0 Å². The molecule has 0 aromatic carbocycles. The maximum Gasteiger partial charge on any atom is 0.323 e. The average molecular weight is 227 g/mol. The first-order valence-electron chi connectivity index (χ1n) is 6.15. The minimum Gasteiger partial charge on any atom is -0.480 e. The van der Waals surface area contributed by atoms with Gasteiger partial charge in [-0.05, 0) is 19.8 Å². The molecule has 0 bridgehead atoms. The smallest absolute Gasteiger partial charge is 0.323 e. The van der Waals surface area contributed by atoms with Gasteiger partial charge in [0.2, 0.25) is 5.91 Å². The summed E-state index contributed by atoms with van der Waals surface area (Å²) in [6, 6.07) is 0. The number of amides is 1. The summed E-state index contributed by atoms with van der Waals surface area (Å²) in [4.78, 5) is 24.2. The predicted octanol–water partition coefficient (Wildman–Crippen LogP) is 1.89. The fourth-order valence-corrected chi connectivity index (χ4v) is 2.29. The van der Waals surface area contributed by atoms with Gasteiger partial charge in [0.25, 0.3) is 0 Å². The first kappa shape index (κ1) is 13.0. The number of carbonyl (C=O) groups is 2. The maximum absolute atomic E-state index is 12.1. The number of hydrogen-bond acceptors (Lipinski definition) is 2. The van der Waals surface area contributed by atoms with Crippen molar-refractivity contribution in [2.75, 3.05) is 13.1 Å². The molecule has 0 aromatic heterocycles. The van der Waals surface area contributed by atoms with E-state index in [-0.39, 0.29) is 18.4 Å². The molecule has 0 spiro atoms. The van der Waals surface area contributed by atoms with E-state index >= 15 is 0 Å². The molecule has 16 heavy (non-hydrogen) atoms. The van der Waals surface area contributed by atoms with Gasteiger partial charge in [-0.2, -0.15) is 0 Å². The zero-order chi connectivity index (χ0) is 12.0. The van der Waals surface area contributed by atoms with Crippen LogP contribution in [0.5, 0.6) is 0 Å². The lowest BCUT2D eigenvalue weighted by Crippen LogP contribution is -2.39. The molecule has 4 nitrogen and oxygen atoms in total. The second-order valence-electron chi connectivity index (χ2n) is 4.43. The van der Waals surface area contributed by atoms with Crippen LogP contribution in [0.25, 0.3) is 0 Å². The molecular weight excluding hydrogens is 206 g/mol. The van der Waals surface area contributed by atoms with Crippen LogP contribution in [0.4, 0.5) is 0 Å². The second kappa shape index (κ2) is 6.51. The molecule has 0 heterocycles. The number of hydrogen-bond donors (Lipinski definition) is 1. The zero-order valence-electron chi connectivity index (χ0n) is 9.95. The van der Waals surface area contributed by atoms with Crippen LogP contribution in [0, 0.1) is 5.92 Å². The third-order valence-corrected chi connectivity index (χ3v) is 3.22. The first-order valence-corrected chi connectivity index (χ1v) is 6.15. The lowest BCUT2D eigenvalue weighted by molar-refractivity contribution is -0.146. The van der Waals surface area contributed by atoms with Gasteiger partial charge in [-0.1, -0.05) is 25.7 Å². The normalized spacial score (nSPS) is 17.8. The quantitative estimate of drug-likeness (QED) is 0.746. The highest BCUT2D eigenvalue weighted by Gasteiger charge is 2.25. The van der Waals surface area contributed by atoms with E-state index in [1.807, 2.05) is 6.92 Å². The molecule has 1 aliphatic carbocycles. The lowest BCUT2D eigenvalue weighted by Gasteiger charge is -2.23. The van der Waals surface area contributed by atoms with E-state index in [2.05, 4.69) is 0 Å². The van der Waals surface area contributed by atoms with Crippen molar-refractivity contribution in [3.05, 3.63) is 0 Å². The van der Waals surface area contributed by atoms with Crippen LogP contribution in [0.15, 0.2) is 0 Å². The number of rotatable bonds is 4. The van der Waals surface area contributed by atoms with Crippen LogP contribution in [-0.2, 0) is 9.59 Å². The Bertz CT molecular complexity index is 245. The Morgan fingerprint density at radius 3 is 2.19 bits per heavy atom. The van der Waals surface area contributed by atoms with Crippen molar-refractivity contribution in [3.8, 4) is 0 Å². The highest BCUT2D eigenvalue weighted by atomic mass is 16.4. The molecule has 0 radical (unpaired) electrons. The maximum atomic E-state index is 12.1. The molecule has 1 saturated carbocycles. The molecule has 92 valence electrons. The van der Waals surface area contributed by atoms with E-state index in [0.717, 1.165) is 25.7 Å². The lowest BCUT2D eigenvalue weighted by atomic mass is 9.98. The molecule has 0 aromatic rings. The molecular formula is C12H21NO3. The number of carboxylic acid groups (broad SMARTS) is 1. The van der Waals surface area contributed by atoms with Crippen molar-refractivity contribution in [1.82, 2.24) is 4.90 Å². The average Bonchev–Trinajstić information content (AvgIpc) is 2.53. The molecule has 1 aliphatic rings. The summed E-state index contributed by atoms with van der Waals surface area (Å²) in [7, 11) is 0. The Balaban J connectivity index is 2.54. The fraction of sp³-hybridized carbons (Fsp3) is 0.833. The summed E-state index contributed by atoms with van der Waals surface area (Å²) in [5.41, 5.74) is 0. The van der Waals surface area contributed by atoms with Crippen LogP contribution in [-0.4, -0.2) is 35.0 Å². The molecule has 0 unspecified atom stereocenters. The number of carboxylic acids is 1. The Morgan fingerprint density at radius 1 is 1.19 bits per heavy atom. The summed E-state index contributed by atoms with van der Waals surface area (Å²) in [5.74, 6) is -0.836. The summed E-state index contributed by atoms with van der Waals surface area (Å²) < 4.78 is 0. The number of aliphatic carboxylic acids is 1. The van der Waals surface area contributed by atoms with Gasteiger partial charge in [0.05, 0.1) is 0 Å². The topological polar surface area (TPSA) is 57.6 Å². The van der Waals surface area contributed by atoms with E-state index in [0.29, 0.717) is 6.54 Å². The zero-order valence-corrected chi connectivity index (χ0v) is 9.95. The molecule has 0 saturated heterocycles. The number of carbonyl (C=O) groups excluding carboxylic acids is 1. The van der Waals surface area contributed by atoms with Gasteiger partial charge in [0, 0.05) is 12.5 Å². The van der Waals surface area contributed by atoms with E-state index in [4.69, 9.17) is 5.11 Å². The number of nitrogens with zero attached hydrogens (tertiary/aromatic N) is 1. The van der Waals surface area contributed by atoms with Gasteiger partial charge in [-0.15, -0.1) is 0 Å². The summed E-state index contributed by atoms with van der Waals surface area (Å²) in [6.45, 7) is 2.16. The Labute approximate surface area is 96.6 Å². The van der Waals surface area contributed by atoms with E-state index in [1.165, 1.54) is 17.7 Å². The minimum absolute atomic E-state index is 0.0341. The van der Waals surface area contributed by atoms with Crippen molar-refractivity contribution in [2.24, 2.45) is 5.92 Å². The van der Waals surface area contributed by atoms with E-state index in [9.17, 15) is 9.59 Å². The summed E-state index contributed by atoms with van der Waals surface area (Å²) in [6.07, 6.45) is 6.45. The van der Waals surface area contributed by atoms with Crippen LogP contribution in [0.3, 0.4) is 0 Å².